The van der Waals surface area contributed by atoms with Crippen LogP contribution in [0, 0.1) is 5.92 Å². The van der Waals surface area contributed by atoms with Gasteiger partial charge >= 0.3 is 12.1 Å². The van der Waals surface area contributed by atoms with Gasteiger partial charge in [0.15, 0.2) is 0 Å². The van der Waals surface area contributed by atoms with Gasteiger partial charge in [-0.3, -0.25) is 9.58 Å². The van der Waals surface area contributed by atoms with Crippen LogP contribution < -0.4 is 0 Å². The van der Waals surface area contributed by atoms with E-state index in [0.717, 1.165) is 84.8 Å². The molecule has 8 nitrogen and oxygen atoms in total. The predicted molar refractivity (Wildman–Crippen MR) is 108 cm³/mol. The Kier molecular flexibility index (Phi) is 9.33. The Morgan fingerprint density at radius 2 is 1.78 bits per heavy atom. The van der Waals surface area contributed by atoms with Crippen molar-refractivity contribution in [2.24, 2.45) is 5.92 Å². The van der Waals surface area contributed by atoms with E-state index in [1.807, 2.05) is 6.20 Å². The Balaban J connectivity index is 0.000000360. The van der Waals surface area contributed by atoms with Crippen molar-refractivity contribution in [1.82, 2.24) is 14.7 Å². The zero-order valence-electron chi connectivity index (χ0n) is 18.1. The molecule has 0 saturated carbocycles. The highest BCUT2D eigenvalue weighted by Crippen LogP contribution is 2.27. The van der Waals surface area contributed by atoms with Crippen LogP contribution in [0.5, 0.6) is 0 Å². The van der Waals surface area contributed by atoms with E-state index < -0.39 is 12.1 Å². The number of nitrogens with zero attached hydrogens (tertiary/aromatic N) is 3. The van der Waals surface area contributed by atoms with Crippen molar-refractivity contribution in [1.29, 1.82) is 0 Å². The fourth-order valence-electron chi connectivity index (χ4n) is 4.34. The molecule has 0 aliphatic carbocycles. The third-order valence-corrected chi connectivity index (χ3v) is 6.15. The molecule has 1 unspecified atom stereocenters. The van der Waals surface area contributed by atoms with Crippen LogP contribution >= 0.6 is 0 Å². The predicted octanol–water partition coefficient (Wildman–Crippen LogP) is 2.89. The Morgan fingerprint density at radius 1 is 1.16 bits per heavy atom. The first-order valence-electron chi connectivity index (χ1n) is 11.1. The van der Waals surface area contributed by atoms with Crippen molar-refractivity contribution in [3.63, 3.8) is 0 Å². The Labute approximate surface area is 185 Å². The molecule has 0 aromatic carbocycles. The lowest BCUT2D eigenvalue weighted by Crippen LogP contribution is -2.46. The highest BCUT2D eigenvalue weighted by atomic mass is 19.4. The lowest BCUT2D eigenvalue weighted by atomic mass is 10.0. The van der Waals surface area contributed by atoms with Crippen LogP contribution in [-0.2, 0) is 25.5 Å². The number of ether oxygens (including phenoxy) is 3. The minimum absolute atomic E-state index is 0.427. The molecule has 11 heteroatoms. The first-order valence-corrected chi connectivity index (χ1v) is 11.1. The molecular formula is C21H32F3N3O5. The SMILES string of the molecule is O=C(O)C(F)(F)F.c1cc2n(n1)C(CCOCC1CCOCC1)CN(C1CCOCC1)C2. The summed E-state index contributed by atoms with van der Waals surface area (Å²) in [6, 6.07) is 3.25. The normalized spacial score (nSPS) is 23.3. The Bertz CT molecular complexity index is 703. The van der Waals surface area contributed by atoms with Gasteiger partial charge in [0.25, 0.3) is 0 Å². The molecule has 2 saturated heterocycles. The summed E-state index contributed by atoms with van der Waals surface area (Å²) in [7, 11) is 0. The van der Waals surface area contributed by atoms with Gasteiger partial charge in [0, 0.05) is 65.0 Å². The summed E-state index contributed by atoms with van der Waals surface area (Å²) in [4.78, 5) is 11.5. The number of carbonyl (C=O) groups is 1. The molecule has 182 valence electrons. The van der Waals surface area contributed by atoms with E-state index in [0.29, 0.717) is 18.0 Å². The minimum Gasteiger partial charge on any atom is -0.475 e. The number of carboxylic acids is 1. The molecule has 0 bridgehead atoms. The van der Waals surface area contributed by atoms with Gasteiger partial charge in [0.1, 0.15) is 0 Å². The second-order valence-electron chi connectivity index (χ2n) is 8.42. The summed E-state index contributed by atoms with van der Waals surface area (Å²) >= 11 is 0. The van der Waals surface area contributed by atoms with Gasteiger partial charge in [-0.05, 0) is 44.1 Å². The van der Waals surface area contributed by atoms with Crippen molar-refractivity contribution < 1.29 is 37.3 Å². The van der Waals surface area contributed by atoms with E-state index in [-0.39, 0.29) is 0 Å². The molecule has 4 rings (SSSR count). The molecule has 32 heavy (non-hydrogen) atoms. The van der Waals surface area contributed by atoms with Gasteiger partial charge < -0.3 is 19.3 Å². The van der Waals surface area contributed by atoms with Crippen molar-refractivity contribution >= 4 is 5.97 Å². The molecule has 1 atom stereocenters. The van der Waals surface area contributed by atoms with Crippen molar-refractivity contribution in [3.8, 4) is 0 Å². The average Bonchev–Trinajstić information content (AvgIpc) is 3.27. The molecule has 0 spiro atoms. The van der Waals surface area contributed by atoms with Crippen LogP contribution in [0.2, 0.25) is 0 Å². The van der Waals surface area contributed by atoms with Crippen molar-refractivity contribution in [3.05, 3.63) is 18.0 Å². The van der Waals surface area contributed by atoms with E-state index in [1.54, 1.807) is 0 Å². The average molecular weight is 463 g/mol. The number of hydrogen-bond donors (Lipinski definition) is 1. The number of fused-ring (bicyclic) bond motifs is 1. The molecule has 3 aliphatic heterocycles. The first kappa shape index (κ1) is 24.9. The smallest absolute Gasteiger partial charge is 0.475 e. The van der Waals surface area contributed by atoms with Crippen LogP contribution in [0.15, 0.2) is 12.3 Å². The van der Waals surface area contributed by atoms with Crippen molar-refractivity contribution in [2.45, 2.75) is 56.9 Å². The fraction of sp³-hybridized carbons (Fsp3) is 0.810. The zero-order chi connectivity index (χ0) is 23.0. The lowest BCUT2D eigenvalue weighted by molar-refractivity contribution is -0.192. The number of rotatable bonds is 6. The Hall–Kier alpha value is -1.69. The first-order chi connectivity index (χ1) is 15.3. The molecule has 3 aliphatic rings. The number of aliphatic carboxylic acids is 1. The van der Waals surface area contributed by atoms with E-state index in [2.05, 4.69) is 20.7 Å². The number of halogens is 3. The van der Waals surface area contributed by atoms with Gasteiger partial charge in [0.05, 0.1) is 11.7 Å². The number of hydrogen-bond acceptors (Lipinski definition) is 6. The monoisotopic (exact) mass is 463 g/mol. The van der Waals surface area contributed by atoms with Crippen LogP contribution in [-0.4, -0.2) is 84.2 Å². The third kappa shape index (κ3) is 7.43. The van der Waals surface area contributed by atoms with E-state index in [9.17, 15) is 13.2 Å². The summed E-state index contributed by atoms with van der Waals surface area (Å²) in [6.07, 6.45) is 2.49. The second-order valence-corrected chi connectivity index (χ2v) is 8.42. The summed E-state index contributed by atoms with van der Waals surface area (Å²) in [6.45, 7) is 7.40. The molecule has 1 aromatic heterocycles. The van der Waals surface area contributed by atoms with Crippen LogP contribution in [0.1, 0.15) is 43.8 Å². The summed E-state index contributed by atoms with van der Waals surface area (Å²) in [5, 5.41) is 11.7. The maximum Gasteiger partial charge on any atom is 0.490 e. The standard InChI is InChI=1S/C19H31N3O3.C2HF3O2/c1-7-20-22-18(1)13-21(17-4-10-24-11-5-17)14-19(22)6-12-25-15-16-2-8-23-9-3-16;3-2(4,5)1(6)7/h1,7,16-17,19H,2-6,8-15H2;(H,6,7). The summed E-state index contributed by atoms with van der Waals surface area (Å²) < 4.78 is 50.9. The lowest BCUT2D eigenvalue weighted by Gasteiger charge is -2.40. The highest BCUT2D eigenvalue weighted by Gasteiger charge is 2.38. The largest absolute Gasteiger partial charge is 0.490 e. The number of alkyl halides is 3. The zero-order valence-corrected chi connectivity index (χ0v) is 18.1. The molecule has 0 radical (unpaired) electrons. The maximum absolute atomic E-state index is 10.6. The van der Waals surface area contributed by atoms with Gasteiger partial charge in [0.2, 0.25) is 0 Å². The maximum atomic E-state index is 10.6. The van der Waals surface area contributed by atoms with Gasteiger partial charge in [-0.2, -0.15) is 18.3 Å². The highest BCUT2D eigenvalue weighted by molar-refractivity contribution is 5.73. The van der Waals surface area contributed by atoms with Gasteiger partial charge in [-0.25, -0.2) is 4.79 Å². The Morgan fingerprint density at radius 3 is 2.41 bits per heavy atom. The van der Waals surface area contributed by atoms with E-state index >= 15 is 0 Å². The van der Waals surface area contributed by atoms with Crippen LogP contribution in [0.25, 0.3) is 0 Å². The second kappa shape index (κ2) is 12.0. The molecule has 1 N–H and O–H groups in total. The topological polar surface area (TPSA) is 86.0 Å². The van der Waals surface area contributed by atoms with Crippen LogP contribution in [0.4, 0.5) is 13.2 Å². The number of carboxylic acid groups (broad SMARTS) is 1. The summed E-state index contributed by atoms with van der Waals surface area (Å²) in [5.41, 5.74) is 1.34. The van der Waals surface area contributed by atoms with Gasteiger partial charge in [-0.1, -0.05) is 0 Å². The quantitative estimate of drug-likeness (QED) is 0.650. The number of aromatic nitrogens is 2. The molecular weight excluding hydrogens is 431 g/mol. The molecule has 2 fully saturated rings. The summed E-state index contributed by atoms with van der Waals surface area (Å²) in [5.74, 6) is -2.08. The van der Waals surface area contributed by atoms with Crippen LogP contribution in [0.3, 0.4) is 0 Å². The third-order valence-electron chi connectivity index (χ3n) is 6.15. The van der Waals surface area contributed by atoms with E-state index in [4.69, 9.17) is 24.1 Å². The van der Waals surface area contributed by atoms with Crippen molar-refractivity contribution in [2.75, 3.05) is 46.2 Å². The van der Waals surface area contributed by atoms with Gasteiger partial charge in [-0.15, -0.1) is 0 Å². The molecule has 4 heterocycles. The van der Waals surface area contributed by atoms with E-state index in [1.165, 1.54) is 5.69 Å². The fourth-order valence-corrected chi connectivity index (χ4v) is 4.34. The molecule has 0 amide bonds. The minimum atomic E-state index is -5.08. The molecule has 1 aromatic rings.